The number of para-hydroxylation sites is 1. The minimum absolute atomic E-state index is 0.671. The second kappa shape index (κ2) is 7.17. The van der Waals surface area contributed by atoms with E-state index in [1.807, 2.05) is 11.3 Å². The summed E-state index contributed by atoms with van der Waals surface area (Å²) in [5, 5.41) is 4.82. The normalized spacial score (nSPS) is 14.1. The number of benzene rings is 4. The van der Waals surface area contributed by atoms with Gasteiger partial charge in [-0.3, -0.25) is 0 Å². The first-order chi connectivity index (χ1) is 17.4. The number of nitrogens with zero attached hydrogens (tertiary/aromatic N) is 2. The zero-order chi connectivity index (χ0) is 22.9. The Balaban J connectivity index is 1.45. The van der Waals surface area contributed by atoms with Crippen LogP contribution in [-0.4, -0.2) is 9.55 Å². The third-order valence-electron chi connectivity index (χ3n) is 7.06. The van der Waals surface area contributed by atoms with Gasteiger partial charge in [0.15, 0.2) is 5.58 Å². The first kappa shape index (κ1) is 19.2. The van der Waals surface area contributed by atoms with Crippen LogP contribution in [0.15, 0.2) is 102 Å². The zero-order valence-corrected chi connectivity index (χ0v) is 19.7. The Labute approximate surface area is 205 Å². The Hall–Kier alpha value is -4.15. The molecule has 3 heterocycles. The quantitative estimate of drug-likeness (QED) is 0.253. The van der Waals surface area contributed by atoms with Gasteiger partial charge in [-0.25, -0.2) is 4.98 Å². The molecule has 1 aliphatic carbocycles. The highest BCUT2D eigenvalue weighted by Crippen LogP contribution is 2.42. The van der Waals surface area contributed by atoms with Gasteiger partial charge in [-0.15, -0.1) is 11.3 Å². The van der Waals surface area contributed by atoms with Gasteiger partial charge in [0, 0.05) is 42.2 Å². The van der Waals surface area contributed by atoms with Crippen LogP contribution in [0.4, 0.5) is 0 Å². The molecule has 3 nitrogen and oxygen atoms in total. The van der Waals surface area contributed by atoms with Crippen molar-refractivity contribution in [1.29, 1.82) is 0 Å². The summed E-state index contributed by atoms with van der Waals surface area (Å²) in [5.41, 5.74) is 6.40. The Morgan fingerprint density at radius 1 is 0.743 bits per heavy atom. The van der Waals surface area contributed by atoms with E-state index in [-0.39, 0.29) is 0 Å². The molecule has 3 aromatic heterocycles. The second-order valence-corrected chi connectivity index (χ2v) is 10.1. The minimum Gasteiger partial charge on any atom is -0.436 e. The molecule has 0 fully saturated rings. The monoisotopic (exact) mass is 468 g/mol. The van der Waals surface area contributed by atoms with Gasteiger partial charge < -0.3 is 8.98 Å². The molecule has 8 rings (SSSR count). The smallest absolute Gasteiger partial charge is 0.228 e. The Kier molecular flexibility index (Phi) is 3.93. The van der Waals surface area contributed by atoms with Crippen molar-refractivity contribution in [3.8, 4) is 11.5 Å². The molecule has 0 radical (unpaired) electrons. The van der Waals surface area contributed by atoms with Crippen LogP contribution in [0, 0.1) is 0 Å². The highest BCUT2D eigenvalue weighted by molar-refractivity contribution is 7.26. The fraction of sp³-hybridized carbons (Fsp3) is 0.0645. The molecule has 4 heteroatoms. The lowest BCUT2D eigenvalue weighted by molar-refractivity contribution is 0.621. The van der Waals surface area contributed by atoms with Crippen LogP contribution in [0.3, 0.4) is 0 Å². The SMILES string of the molecule is C1=CC(n2c3ccccc3c3c(-c4nc5c(ccc6sc7ccccc7c65)o4)cccc32)=CCC1. The summed E-state index contributed by atoms with van der Waals surface area (Å²) in [4.78, 5) is 5.11. The zero-order valence-electron chi connectivity index (χ0n) is 18.9. The fourth-order valence-electron chi connectivity index (χ4n) is 5.56. The summed E-state index contributed by atoms with van der Waals surface area (Å²) in [5.74, 6) is 0.671. The molecule has 0 atom stereocenters. The van der Waals surface area contributed by atoms with E-state index in [4.69, 9.17) is 9.40 Å². The van der Waals surface area contributed by atoms with Crippen molar-refractivity contribution < 1.29 is 4.42 Å². The molecule has 0 spiro atoms. The molecule has 4 aromatic carbocycles. The summed E-state index contributed by atoms with van der Waals surface area (Å²) < 4.78 is 11.3. The van der Waals surface area contributed by atoms with Gasteiger partial charge in [0.1, 0.15) is 5.52 Å². The Bertz CT molecular complexity index is 2010. The standard InChI is InChI=1S/C31H20N2OS/c1-2-9-19(10-3-1)33-23-14-6-4-11-20(23)28-22(13-8-15-24(28)33)31-32-30-25(34-31)17-18-27-29(30)21-12-5-7-16-26(21)35-27/h2,4-18H,1,3H2. The molecule has 1 aliphatic rings. The predicted octanol–water partition coefficient (Wildman–Crippen LogP) is 9.16. The molecule has 7 aromatic rings. The number of hydrogen-bond donors (Lipinski definition) is 0. The largest absolute Gasteiger partial charge is 0.436 e. The van der Waals surface area contributed by atoms with Crippen molar-refractivity contribution >= 4 is 70.1 Å². The van der Waals surface area contributed by atoms with Crippen molar-refractivity contribution in [3.63, 3.8) is 0 Å². The van der Waals surface area contributed by atoms with Crippen LogP contribution in [0.5, 0.6) is 0 Å². The Morgan fingerprint density at radius 2 is 1.60 bits per heavy atom. The van der Waals surface area contributed by atoms with Crippen LogP contribution >= 0.6 is 11.3 Å². The molecule has 35 heavy (non-hydrogen) atoms. The van der Waals surface area contributed by atoms with Gasteiger partial charge in [0.05, 0.1) is 11.0 Å². The van der Waals surface area contributed by atoms with Crippen molar-refractivity contribution in [2.45, 2.75) is 12.8 Å². The Morgan fingerprint density at radius 3 is 2.51 bits per heavy atom. The van der Waals surface area contributed by atoms with Gasteiger partial charge in [0.25, 0.3) is 0 Å². The summed E-state index contributed by atoms with van der Waals surface area (Å²) in [6.45, 7) is 0. The van der Waals surface area contributed by atoms with Gasteiger partial charge in [-0.2, -0.15) is 0 Å². The topological polar surface area (TPSA) is 31.0 Å². The van der Waals surface area contributed by atoms with Crippen molar-refractivity contribution in [3.05, 3.63) is 97.1 Å². The molecular formula is C31H20N2OS. The maximum atomic E-state index is 6.45. The van der Waals surface area contributed by atoms with E-state index in [9.17, 15) is 0 Å². The molecular weight excluding hydrogens is 448 g/mol. The second-order valence-electron chi connectivity index (χ2n) is 9.06. The molecule has 0 saturated carbocycles. The number of allylic oxidation sites excluding steroid dienone is 4. The van der Waals surface area contributed by atoms with E-state index in [1.54, 1.807) is 0 Å². The first-order valence-electron chi connectivity index (χ1n) is 12.0. The highest BCUT2D eigenvalue weighted by atomic mass is 32.1. The van der Waals surface area contributed by atoms with Crippen LogP contribution in [0.25, 0.3) is 70.2 Å². The minimum atomic E-state index is 0.671. The molecule has 0 unspecified atom stereocenters. The molecule has 0 N–H and O–H groups in total. The van der Waals surface area contributed by atoms with E-state index in [2.05, 4.69) is 102 Å². The lowest BCUT2D eigenvalue weighted by Gasteiger charge is -2.12. The lowest BCUT2D eigenvalue weighted by Crippen LogP contribution is -1.96. The number of aromatic nitrogens is 2. The van der Waals surface area contributed by atoms with Gasteiger partial charge in [-0.1, -0.05) is 54.6 Å². The predicted molar refractivity (Wildman–Crippen MR) is 148 cm³/mol. The highest BCUT2D eigenvalue weighted by Gasteiger charge is 2.20. The maximum absolute atomic E-state index is 6.45. The lowest BCUT2D eigenvalue weighted by atomic mass is 10.1. The third-order valence-corrected chi connectivity index (χ3v) is 8.20. The van der Waals surface area contributed by atoms with E-state index >= 15 is 0 Å². The third kappa shape index (κ3) is 2.69. The van der Waals surface area contributed by atoms with Crippen molar-refractivity contribution in [1.82, 2.24) is 9.55 Å². The number of thiophene rings is 1. The first-order valence-corrected chi connectivity index (χ1v) is 12.8. The molecule has 0 bridgehead atoms. The number of rotatable bonds is 2. The van der Waals surface area contributed by atoms with Crippen molar-refractivity contribution in [2.24, 2.45) is 0 Å². The summed E-state index contributed by atoms with van der Waals surface area (Å²) in [7, 11) is 0. The molecule has 166 valence electrons. The summed E-state index contributed by atoms with van der Waals surface area (Å²) in [6.07, 6.45) is 8.99. The van der Waals surface area contributed by atoms with Crippen LogP contribution in [0.1, 0.15) is 12.8 Å². The van der Waals surface area contributed by atoms with Crippen LogP contribution < -0.4 is 0 Å². The van der Waals surface area contributed by atoms with Crippen LogP contribution in [-0.2, 0) is 0 Å². The average molecular weight is 469 g/mol. The van der Waals surface area contributed by atoms with Gasteiger partial charge >= 0.3 is 0 Å². The summed E-state index contributed by atoms with van der Waals surface area (Å²) in [6, 6.07) is 27.9. The van der Waals surface area contributed by atoms with E-state index in [0.29, 0.717) is 5.89 Å². The molecule has 0 saturated heterocycles. The van der Waals surface area contributed by atoms with E-state index < -0.39 is 0 Å². The van der Waals surface area contributed by atoms with E-state index in [0.717, 1.165) is 29.5 Å². The number of fused-ring (bicyclic) bond motifs is 8. The van der Waals surface area contributed by atoms with Gasteiger partial charge in [0.2, 0.25) is 5.89 Å². The fourth-order valence-corrected chi connectivity index (χ4v) is 6.67. The molecule has 0 amide bonds. The van der Waals surface area contributed by atoms with Gasteiger partial charge in [-0.05, 0) is 55.3 Å². The number of oxazole rings is 1. The molecule has 0 aliphatic heterocycles. The summed E-state index contributed by atoms with van der Waals surface area (Å²) >= 11 is 1.81. The average Bonchev–Trinajstić information content (AvgIpc) is 3.60. The number of hydrogen-bond acceptors (Lipinski definition) is 3. The van der Waals surface area contributed by atoms with E-state index in [1.165, 1.54) is 47.7 Å². The van der Waals surface area contributed by atoms with Crippen LogP contribution in [0.2, 0.25) is 0 Å². The van der Waals surface area contributed by atoms with Crippen molar-refractivity contribution in [2.75, 3.05) is 0 Å². The maximum Gasteiger partial charge on any atom is 0.228 e.